The first kappa shape index (κ1) is 38.8. The number of esters is 1. The molecular weight excluding hydrogens is 742 g/mol. The average Bonchev–Trinajstić information content (AvgIpc) is 4.11. The number of methoxy groups -OCH3 is 1. The minimum absolute atomic E-state index is 0.0157. The molecule has 10 atom stereocenters. The van der Waals surface area contributed by atoms with E-state index in [0.717, 1.165) is 19.3 Å². The first-order valence-electron chi connectivity index (χ1n) is 20.3. The molecule has 1 saturated heterocycles. The fourth-order valence-corrected chi connectivity index (χ4v) is 11.2. The number of fused-ring (bicyclic) bond motifs is 4. The molecule has 0 radical (unpaired) electrons. The highest BCUT2D eigenvalue weighted by atomic mass is 32.2. The second-order valence-corrected chi connectivity index (χ2v) is 19.5. The van der Waals surface area contributed by atoms with Gasteiger partial charge in [0.15, 0.2) is 5.78 Å². The van der Waals surface area contributed by atoms with E-state index in [0.29, 0.717) is 60.5 Å². The van der Waals surface area contributed by atoms with Gasteiger partial charge in [-0.25, -0.2) is 17.8 Å². The topological polar surface area (TPSA) is 158 Å². The van der Waals surface area contributed by atoms with E-state index < -0.39 is 56.4 Å². The Labute approximate surface area is 327 Å². The third-order valence-electron chi connectivity index (χ3n) is 13.3. The Balaban J connectivity index is 1.11. The van der Waals surface area contributed by atoms with Crippen LogP contribution in [0.2, 0.25) is 0 Å². The maximum absolute atomic E-state index is 14.9. The predicted molar refractivity (Wildman–Crippen MR) is 203 cm³/mol. The quantitative estimate of drug-likeness (QED) is 0.248. The number of ketones is 1. The number of carbonyl (C=O) groups excluding carboxylic acids is 4. The van der Waals surface area contributed by atoms with Crippen LogP contribution in [-0.4, -0.2) is 79.0 Å². The number of sulfonamides is 1. The van der Waals surface area contributed by atoms with E-state index in [1.165, 1.54) is 36.8 Å². The molecule has 6 aliphatic rings. The summed E-state index contributed by atoms with van der Waals surface area (Å²) in [5, 5.41) is 0.318. The number of nitrogens with one attached hydrogen (secondary N) is 1. The Morgan fingerprint density at radius 2 is 1.79 bits per heavy atom. The number of carbonyl (C=O) groups is 4. The lowest BCUT2D eigenvalue weighted by molar-refractivity contribution is -0.155. The molecule has 8 rings (SSSR count). The number of pyridine rings is 1. The van der Waals surface area contributed by atoms with Gasteiger partial charge in [-0.05, 0) is 99.5 Å². The molecule has 2 amide bonds. The number of benzene rings is 1. The molecule has 1 unspecified atom stereocenters. The molecule has 1 aromatic heterocycles. The van der Waals surface area contributed by atoms with Gasteiger partial charge in [0, 0.05) is 30.5 Å². The van der Waals surface area contributed by atoms with Crippen LogP contribution in [0.1, 0.15) is 90.9 Å². The summed E-state index contributed by atoms with van der Waals surface area (Å²) in [4.78, 5) is 62.8. The molecule has 0 bridgehead atoms. The molecule has 2 aliphatic heterocycles. The zero-order chi connectivity index (χ0) is 39.5. The van der Waals surface area contributed by atoms with E-state index in [1.807, 2.05) is 19.1 Å². The van der Waals surface area contributed by atoms with Gasteiger partial charge in [-0.15, -0.1) is 0 Å². The Morgan fingerprint density at radius 1 is 1.02 bits per heavy atom. The van der Waals surface area contributed by atoms with Crippen LogP contribution in [0.3, 0.4) is 0 Å². The molecule has 12 nitrogen and oxygen atoms in total. The van der Waals surface area contributed by atoms with E-state index >= 15 is 0 Å². The van der Waals surface area contributed by atoms with Crippen LogP contribution in [0, 0.1) is 46.7 Å². The van der Waals surface area contributed by atoms with Crippen molar-refractivity contribution in [1.82, 2.24) is 14.6 Å². The minimum Gasteiger partial charge on any atom is -0.496 e. The summed E-state index contributed by atoms with van der Waals surface area (Å²) in [5.74, 6) is -1.92. The molecule has 1 N–H and O–H groups in total. The number of hydrogen-bond acceptors (Lipinski definition) is 10. The number of ether oxygens (including phenoxy) is 3. The molecule has 14 heteroatoms. The van der Waals surface area contributed by atoms with E-state index in [-0.39, 0.29) is 67.2 Å². The first-order valence-corrected chi connectivity index (χ1v) is 21.8. The van der Waals surface area contributed by atoms with Crippen LogP contribution in [0.4, 0.5) is 4.39 Å². The Kier molecular flexibility index (Phi) is 10.4. The van der Waals surface area contributed by atoms with Gasteiger partial charge >= 0.3 is 5.97 Å². The van der Waals surface area contributed by atoms with Gasteiger partial charge in [-0.1, -0.05) is 26.0 Å². The van der Waals surface area contributed by atoms with Crippen molar-refractivity contribution >= 4 is 44.4 Å². The fourth-order valence-electron chi connectivity index (χ4n) is 9.77. The molecule has 4 aliphatic carbocycles. The second-order valence-electron chi connectivity index (χ2n) is 17.6. The smallest absolute Gasteiger partial charge is 0.306 e. The van der Waals surface area contributed by atoms with Gasteiger partial charge in [0.25, 0.3) is 0 Å². The zero-order valence-corrected chi connectivity index (χ0v) is 33.1. The number of nitrogens with zero attached hydrogens (tertiary/aromatic N) is 2. The van der Waals surface area contributed by atoms with Crippen molar-refractivity contribution in [2.75, 3.05) is 13.7 Å². The van der Waals surface area contributed by atoms with Crippen LogP contribution in [0.5, 0.6) is 11.6 Å². The predicted octanol–water partition coefficient (Wildman–Crippen LogP) is 5.67. The summed E-state index contributed by atoms with van der Waals surface area (Å²) in [7, 11) is -2.44. The molecule has 5 fully saturated rings. The number of rotatable bonds is 9. The van der Waals surface area contributed by atoms with Crippen LogP contribution in [-0.2, 0) is 33.9 Å². The molecule has 0 spiro atoms. The largest absolute Gasteiger partial charge is 0.496 e. The van der Waals surface area contributed by atoms with Crippen molar-refractivity contribution in [2.24, 2.45) is 40.9 Å². The van der Waals surface area contributed by atoms with Gasteiger partial charge < -0.3 is 19.1 Å². The number of amides is 2. The monoisotopic (exact) mass is 793 g/mol. The first-order chi connectivity index (χ1) is 26.7. The molecule has 4 saturated carbocycles. The summed E-state index contributed by atoms with van der Waals surface area (Å²) in [6.07, 6.45) is 10.6. The number of hydrogen-bond donors (Lipinski definition) is 1. The molecule has 302 valence electrons. The number of aromatic nitrogens is 1. The van der Waals surface area contributed by atoms with Crippen LogP contribution >= 0.6 is 0 Å². The summed E-state index contributed by atoms with van der Waals surface area (Å²) in [6.45, 7) is 4.08. The second kappa shape index (κ2) is 15.0. The van der Waals surface area contributed by atoms with Crippen molar-refractivity contribution < 1.29 is 46.2 Å². The Hall–Kier alpha value is -4.07. The van der Waals surface area contributed by atoms with E-state index in [2.05, 4.69) is 16.6 Å². The van der Waals surface area contributed by atoms with E-state index in [1.54, 1.807) is 6.07 Å². The van der Waals surface area contributed by atoms with Gasteiger partial charge in [0.05, 0.1) is 48.1 Å². The summed E-state index contributed by atoms with van der Waals surface area (Å²) < 4.78 is 60.6. The lowest BCUT2D eigenvalue weighted by Crippen LogP contribution is -2.47. The third-order valence-corrected chi connectivity index (χ3v) is 15.1. The molecular formula is C42H52FN3O9S. The van der Waals surface area contributed by atoms with Gasteiger partial charge in [0.1, 0.15) is 23.8 Å². The van der Waals surface area contributed by atoms with Crippen LogP contribution < -0.4 is 14.2 Å². The van der Waals surface area contributed by atoms with Crippen LogP contribution in [0.25, 0.3) is 10.8 Å². The highest BCUT2D eigenvalue weighted by Gasteiger charge is 2.62. The van der Waals surface area contributed by atoms with E-state index in [9.17, 15) is 32.0 Å². The summed E-state index contributed by atoms with van der Waals surface area (Å²) in [5.41, 5.74) is -1.28. The fraction of sp³-hybridized carbons (Fsp3) is 0.643. The standard InChI is InChI=1S/C42H52FN3O9S/c1-23-6-4-5-7-27-20-42(27,41(50)45-56(51,52)31-8-9-31)21-36(47)35-18-30(55-39-34-16-28(43)17-37(53-3)32(34)10-11-44-39)22-46(35)40(49)33(24(2)12-23)19-38(48)54-29-14-25-13-26(25)15-29/h5,7,10-11,16-17,23-27,29-31,33,35H,4,6,8-9,12-15,18-22H2,1-3H3,(H,45,50)/b7-5-/t23-,24-,25-,26+,27-,29?,30-,33+,35+,42-/m1/s1. The molecule has 3 heterocycles. The lowest BCUT2D eigenvalue weighted by Gasteiger charge is -2.32. The van der Waals surface area contributed by atoms with Crippen molar-refractivity contribution in [3.8, 4) is 11.6 Å². The van der Waals surface area contributed by atoms with Crippen molar-refractivity contribution in [3.63, 3.8) is 0 Å². The maximum Gasteiger partial charge on any atom is 0.306 e. The van der Waals surface area contributed by atoms with E-state index in [4.69, 9.17) is 14.2 Å². The third kappa shape index (κ3) is 7.91. The molecule has 56 heavy (non-hydrogen) atoms. The van der Waals surface area contributed by atoms with Gasteiger partial charge in [-0.3, -0.25) is 23.9 Å². The lowest BCUT2D eigenvalue weighted by atomic mass is 9.82. The molecule has 1 aromatic carbocycles. The van der Waals surface area contributed by atoms with Crippen molar-refractivity contribution in [3.05, 3.63) is 42.4 Å². The minimum atomic E-state index is -3.87. The highest BCUT2D eigenvalue weighted by Crippen LogP contribution is 2.57. The Bertz CT molecular complexity index is 2040. The SMILES string of the molecule is COc1cc(F)cc2c(O[C@@H]3C[C@H]4C(=O)C[C@]5(C(=O)NS(=O)(=O)C6CC6)C[C@H]5/C=C\CC[C@@H](C)C[C@@H](C)[C@H](CC(=O)OC5C[C@@H]6C[C@@H]6C5)C(=O)N4C3)nccc12. The van der Waals surface area contributed by atoms with Crippen molar-refractivity contribution in [1.29, 1.82) is 0 Å². The van der Waals surface area contributed by atoms with Gasteiger partial charge in [0.2, 0.25) is 27.7 Å². The number of Topliss-reactive ketones (excluding diaryl/α,β-unsaturated/α-hetero) is 1. The molecule has 2 aromatic rings. The van der Waals surface area contributed by atoms with Crippen LogP contribution in [0.15, 0.2) is 36.5 Å². The van der Waals surface area contributed by atoms with Crippen molar-refractivity contribution in [2.45, 2.75) is 114 Å². The Morgan fingerprint density at radius 3 is 2.52 bits per heavy atom. The highest BCUT2D eigenvalue weighted by molar-refractivity contribution is 7.90. The number of allylic oxidation sites excluding steroid dienone is 2. The summed E-state index contributed by atoms with van der Waals surface area (Å²) >= 11 is 0. The average molecular weight is 794 g/mol. The summed E-state index contributed by atoms with van der Waals surface area (Å²) in [6, 6.07) is 3.21. The normalized spacial score (nSPS) is 35.0. The van der Waals surface area contributed by atoms with Gasteiger partial charge in [-0.2, -0.15) is 0 Å². The zero-order valence-electron chi connectivity index (χ0n) is 32.3. The maximum atomic E-state index is 14.9. The number of halogens is 1.